The number of ether oxygens (including phenoxy) is 1. The minimum absolute atomic E-state index is 0.110. The van der Waals surface area contributed by atoms with Crippen molar-refractivity contribution in [1.29, 1.82) is 0 Å². The van der Waals surface area contributed by atoms with Crippen LogP contribution in [0.5, 0.6) is 5.75 Å². The fourth-order valence-corrected chi connectivity index (χ4v) is 2.06. The largest absolute Gasteiger partial charge is 0.485 e. The van der Waals surface area contributed by atoms with Crippen molar-refractivity contribution < 1.29 is 26.7 Å². The van der Waals surface area contributed by atoms with Crippen LogP contribution in [0.15, 0.2) is 41.1 Å². The fourth-order valence-electron chi connectivity index (χ4n) is 2.06. The van der Waals surface area contributed by atoms with Gasteiger partial charge in [0.05, 0.1) is 11.8 Å². The standard InChI is InChI=1S/C16H12F4N2O2/c1-9-2-3-12-11(6-9)22-14(24-12)10-4-5-21-7-13(10)23-8-16(19,20)15(17)18/h2-7,15H,8H2,1H3. The van der Waals surface area contributed by atoms with Crippen LogP contribution in [-0.2, 0) is 0 Å². The predicted octanol–water partition coefficient (Wildman–Crippen LogP) is 4.48. The molecule has 0 bridgehead atoms. The van der Waals surface area contributed by atoms with Crippen LogP contribution in [0.2, 0.25) is 0 Å². The Morgan fingerprint density at radius 3 is 2.79 bits per heavy atom. The molecule has 3 rings (SSSR count). The molecule has 1 aromatic carbocycles. The van der Waals surface area contributed by atoms with Crippen molar-refractivity contribution in [3.05, 3.63) is 42.2 Å². The second kappa shape index (κ2) is 6.10. The Balaban J connectivity index is 1.93. The molecule has 2 heterocycles. The van der Waals surface area contributed by atoms with Crippen LogP contribution in [0.25, 0.3) is 22.6 Å². The Morgan fingerprint density at radius 2 is 2.04 bits per heavy atom. The lowest BCUT2D eigenvalue weighted by molar-refractivity contribution is -0.148. The minimum atomic E-state index is -4.26. The van der Waals surface area contributed by atoms with Gasteiger partial charge in [-0.05, 0) is 30.7 Å². The zero-order valence-corrected chi connectivity index (χ0v) is 12.5. The van der Waals surface area contributed by atoms with Crippen molar-refractivity contribution in [3.63, 3.8) is 0 Å². The summed E-state index contributed by atoms with van der Waals surface area (Å²) in [4.78, 5) is 8.03. The van der Waals surface area contributed by atoms with E-state index in [1.165, 1.54) is 12.3 Å². The number of aromatic nitrogens is 2. The second-order valence-corrected chi connectivity index (χ2v) is 5.21. The topological polar surface area (TPSA) is 48.2 Å². The number of nitrogens with zero attached hydrogens (tertiary/aromatic N) is 2. The molecular formula is C16H12F4N2O2. The highest BCUT2D eigenvalue weighted by Gasteiger charge is 2.42. The first-order valence-corrected chi connectivity index (χ1v) is 6.97. The van der Waals surface area contributed by atoms with E-state index < -0.39 is 19.0 Å². The van der Waals surface area contributed by atoms with Gasteiger partial charge in [-0.3, -0.25) is 4.98 Å². The van der Waals surface area contributed by atoms with Gasteiger partial charge in [-0.15, -0.1) is 0 Å². The van der Waals surface area contributed by atoms with Gasteiger partial charge in [0, 0.05) is 6.20 Å². The second-order valence-electron chi connectivity index (χ2n) is 5.21. The van der Waals surface area contributed by atoms with E-state index in [0.717, 1.165) is 11.8 Å². The molecule has 0 aliphatic carbocycles. The van der Waals surface area contributed by atoms with Gasteiger partial charge in [0.15, 0.2) is 17.9 Å². The summed E-state index contributed by atoms with van der Waals surface area (Å²) in [5.74, 6) is -4.24. The Kier molecular flexibility index (Phi) is 4.13. The summed E-state index contributed by atoms with van der Waals surface area (Å²) < 4.78 is 61.0. The quantitative estimate of drug-likeness (QED) is 0.643. The lowest BCUT2D eigenvalue weighted by atomic mass is 10.2. The van der Waals surface area contributed by atoms with Crippen LogP contribution in [0.1, 0.15) is 5.56 Å². The van der Waals surface area contributed by atoms with Gasteiger partial charge in [-0.25, -0.2) is 13.8 Å². The van der Waals surface area contributed by atoms with E-state index >= 15 is 0 Å². The van der Waals surface area contributed by atoms with Crippen LogP contribution >= 0.6 is 0 Å². The van der Waals surface area contributed by atoms with E-state index in [1.807, 2.05) is 13.0 Å². The summed E-state index contributed by atoms with van der Waals surface area (Å²) in [6, 6.07) is 6.82. The molecule has 8 heteroatoms. The normalized spacial score (nSPS) is 12.1. The average Bonchev–Trinajstić information content (AvgIpc) is 2.96. The molecule has 126 valence electrons. The summed E-state index contributed by atoms with van der Waals surface area (Å²) in [5.41, 5.74) is 2.33. The lowest BCUT2D eigenvalue weighted by Gasteiger charge is -2.16. The van der Waals surface area contributed by atoms with Gasteiger partial charge >= 0.3 is 12.3 Å². The summed E-state index contributed by atoms with van der Waals surface area (Å²) in [7, 11) is 0. The third-order valence-corrected chi connectivity index (χ3v) is 3.30. The fraction of sp³-hybridized carbons (Fsp3) is 0.250. The number of benzene rings is 1. The molecule has 0 saturated carbocycles. The maximum absolute atomic E-state index is 13.0. The van der Waals surface area contributed by atoms with E-state index in [0.29, 0.717) is 11.1 Å². The highest BCUT2D eigenvalue weighted by Crippen LogP contribution is 2.32. The van der Waals surface area contributed by atoms with E-state index in [2.05, 4.69) is 9.97 Å². The number of oxazole rings is 1. The van der Waals surface area contributed by atoms with Crippen LogP contribution in [-0.4, -0.2) is 28.9 Å². The first-order valence-electron chi connectivity index (χ1n) is 6.97. The van der Waals surface area contributed by atoms with Crippen LogP contribution in [0, 0.1) is 6.92 Å². The number of hydrogen-bond acceptors (Lipinski definition) is 4. The van der Waals surface area contributed by atoms with Crippen LogP contribution in [0.3, 0.4) is 0 Å². The van der Waals surface area contributed by atoms with Crippen molar-refractivity contribution in [2.45, 2.75) is 19.3 Å². The Hall–Kier alpha value is -2.64. The molecule has 0 radical (unpaired) electrons. The molecule has 0 atom stereocenters. The average molecular weight is 340 g/mol. The zero-order valence-electron chi connectivity index (χ0n) is 12.5. The monoisotopic (exact) mass is 340 g/mol. The van der Waals surface area contributed by atoms with Crippen molar-refractivity contribution in [3.8, 4) is 17.2 Å². The smallest absolute Gasteiger partial charge is 0.340 e. The van der Waals surface area contributed by atoms with Crippen LogP contribution in [0.4, 0.5) is 17.6 Å². The number of halogens is 4. The van der Waals surface area contributed by atoms with E-state index in [4.69, 9.17) is 9.15 Å². The number of fused-ring (bicyclic) bond motifs is 1. The van der Waals surface area contributed by atoms with E-state index in [1.54, 1.807) is 12.1 Å². The van der Waals surface area contributed by atoms with Gasteiger partial charge in [-0.2, -0.15) is 8.78 Å². The van der Waals surface area contributed by atoms with Crippen molar-refractivity contribution >= 4 is 11.1 Å². The van der Waals surface area contributed by atoms with Gasteiger partial charge in [-0.1, -0.05) is 6.07 Å². The van der Waals surface area contributed by atoms with Gasteiger partial charge in [0.2, 0.25) is 5.89 Å². The molecule has 3 aromatic rings. The minimum Gasteiger partial charge on any atom is -0.485 e. The first kappa shape index (κ1) is 16.2. The van der Waals surface area contributed by atoms with Gasteiger partial charge in [0.25, 0.3) is 0 Å². The summed E-state index contributed by atoms with van der Waals surface area (Å²) in [5, 5.41) is 0. The maximum atomic E-state index is 13.0. The van der Waals surface area contributed by atoms with E-state index in [9.17, 15) is 17.6 Å². The molecule has 0 aliphatic heterocycles. The highest BCUT2D eigenvalue weighted by atomic mass is 19.3. The summed E-state index contributed by atoms with van der Waals surface area (Å²) >= 11 is 0. The Bertz CT molecular complexity index is 864. The molecule has 4 nitrogen and oxygen atoms in total. The molecule has 24 heavy (non-hydrogen) atoms. The molecule has 0 N–H and O–H groups in total. The van der Waals surface area contributed by atoms with Gasteiger partial charge in [0.1, 0.15) is 5.52 Å². The highest BCUT2D eigenvalue weighted by molar-refractivity contribution is 5.78. The number of rotatable bonds is 5. The number of hydrogen-bond donors (Lipinski definition) is 0. The van der Waals surface area contributed by atoms with Crippen molar-refractivity contribution in [2.24, 2.45) is 0 Å². The molecule has 0 saturated heterocycles. The Morgan fingerprint density at radius 1 is 1.25 bits per heavy atom. The first-order chi connectivity index (χ1) is 11.4. The SMILES string of the molecule is Cc1ccc2oc(-c3ccncc3OCC(F)(F)C(F)F)nc2c1. The zero-order chi connectivity index (χ0) is 17.3. The molecule has 2 aromatic heterocycles. The molecular weight excluding hydrogens is 328 g/mol. The summed E-state index contributed by atoms with van der Waals surface area (Å²) in [6.45, 7) is 0.421. The van der Waals surface area contributed by atoms with Crippen molar-refractivity contribution in [2.75, 3.05) is 6.61 Å². The van der Waals surface area contributed by atoms with Crippen molar-refractivity contribution in [1.82, 2.24) is 9.97 Å². The number of alkyl halides is 4. The third-order valence-electron chi connectivity index (χ3n) is 3.30. The Labute approximate surface area is 134 Å². The summed E-state index contributed by atoms with van der Waals surface area (Å²) in [6.07, 6.45) is -1.27. The number of aryl methyl sites for hydroxylation is 1. The molecule has 0 aliphatic rings. The van der Waals surface area contributed by atoms with Crippen LogP contribution < -0.4 is 4.74 Å². The molecule has 0 spiro atoms. The number of pyridine rings is 1. The molecule has 0 amide bonds. The molecule has 0 fully saturated rings. The van der Waals surface area contributed by atoms with E-state index in [-0.39, 0.29) is 17.2 Å². The maximum Gasteiger partial charge on any atom is 0.340 e. The lowest BCUT2D eigenvalue weighted by Crippen LogP contribution is -2.33. The predicted molar refractivity (Wildman–Crippen MR) is 78.4 cm³/mol. The molecule has 0 unspecified atom stereocenters. The van der Waals surface area contributed by atoms with Gasteiger partial charge < -0.3 is 9.15 Å². The third kappa shape index (κ3) is 3.17.